The normalized spacial score (nSPS) is 14.0. The predicted molar refractivity (Wildman–Crippen MR) is 66.4 cm³/mol. The quantitative estimate of drug-likeness (QED) is 0.326. The van der Waals surface area contributed by atoms with Crippen LogP contribution >= 0.6 is 0 Å². The fourth-order valence-electron chi connectivity index (χ4n) is 1.85. The standard InChI is InChI=1S/C13H24FN/c1-5-7-8-9-13(15-4)12(6-2)11(3)10-14/h12H,3,5-10H2,1-2,4H3. The number of nitrogens with zero attached hydrogens (tertiary/aromatic N) is 1. The molecule has 0 aliphatic rings. The molecule has 0 aliphatic carbocycles. The fourth-order valence-corrected chi connectivity index (χ4v) is 1.85. The van der Waals surface area contributed by atoms with Gasteiger partial charge in [0, 0.05) is 18.7 Å². The van der Waals surface area contributed by atoms with Gasteiger partial charge >= 0.3 is 0 Å². The molecule has 0 fully saturated rings. The molecule has 0 aromatic heterocycles. The van der Waals surface area contributed by atoms with Crippen molar-refractivity contribution < 1.29 is 4.39 Å². The molecule has 2 heteroatoms. The van der Waals surface area contributed by atoms with E-state index in [0.29, 0.717) is 5.57 Å². The van der Waals surface area contributed by atoms with Gasteiger partial charge in [-0.25, -0.2) is 4.39 Å². The molecule has 0 N–H and O–H groups in total. The van der Waals surface area contributed by atoms with Gasteiger partial charge in [-0.15, -0.1) is 0 Å². The number of hydrogen-bond donors (Lipinski definition) is 0. The number of aliphatic imine (C=N–C) groups is 1. The summed E-state index contributed by atoms with van der Waals surface area (Å²) < 4.78 is 12.6. The van der Waals surface area contributed by atoms with Crippen LogP contribution < -0.4 is 0 Å². The van der Waals surface area contributed by atoms with E-state index in [2.05, 4.69) is 25.4 Å². The van der Waals surface area contributed by atoms with Crippen LogP contribution in [-0.4, -0.2) is 19.4 Å². The van der Waals surface area contributed by atoms with Gasteiger partial charge in [0.25, 0.3) is 0 Å². The number of halogens is 1. The molecule has 0 amide bonds. The maximum Gasteiger partial charge on any atom is 0.111 e. The summed E-state index contributed by atoms with van der Waals surface area (Å²) in [4.78, 5) is 4.29. The van der Waals surface area contributed by atoms with Gasteiger partial charge in [0.2, 0.25) is 0 Å². The predicted octanol–water partition coefficient (Wildman–Crippen LogP) is 4.19. The number of unbranched alkanes of at least 4 members (excludes halogenated alkanes) is 2. The van der Waals surface area contributed by atoms with Crippen LogP contribution in [0.1, 0.15) is 46.0 Å². The van der Waals surface area contributed by atoms with Crippen LogP contribution in [0.15, 0.2) is 17.1 Å². The van der Waals surface area contributed by atoms with Crippen LogP contribution in [-0.2, 0) is 0 Å². The molecule has 1 unspecified atom stereocenters. The van der Waals surface area contributed by atoms with E-state index in [9.17, 15) is 4.39 Å². The van der Waals surface area contributed by atoms with Crippen molar-refractivity contribution in [3.8, 4) is 0 Å². The van der Waals surface area contributed by atoms with Crippen molar-refractivity contribution in [2.24, 2.45) is 10.9 Å². The molecule has 15 heavy (non-hydrogen) atoms. The number of rotatable bonds is 8. The molecule has 0 rings (SSSR count). The Labute approximate surface area is 93.5 Å². The lowest BCUT2D eigenvalue weighted by Crippen LogP contribution is -2.17. The summed E-state index contributed by atoms with van der Waals surface area (Å²) in [5.74, 6) is 0.150. The van der Waals surface area contributed by atoms with Gasteiger partial charge < -0.3 is 0 Å². The highest BCUT2D eigenvalue weighted by atomic mass is 19.1. The Bertz CT molecular complexity index is 209. The number of alkyl halides is 1. The lowest BCUT2D eigenvalue weighted by Gasteiger charge is -2.18. The van der Waals surface area contributed by atoms with E-state index in [1.165, 1.54) is 12.8 Å². The molecule has 1 atom stereocenters. The molecule has 0 aromatic carbocycles. The molecule has 0 radical (unpaired) electrons. The Morgan fingerprint density at radius 2 is 2.00 bits per heavy atom. The summed E-state index contributed by atoms with van der Waals surface area (Å²) in [7, 11) is 1.80. The van der Waals surface area contributed by atoms with Crippen LogP contribution in [0.2, 0.25) is 0 Å². The molecule has 0 saturated heterocycles. The highest BCUT2D eigenvalue weighted by Gasteiger charge is 2.16. The average molecular weight is 213 g/mol. The van der Waals surface area contributed by atoms with E-state index in [1.54, 1.807) is 7.05 Å². The smallest absolute Gasteiger partial charge is 0.111 e. The monoisotopic (exact) mass is 213 g/mol. The molecule has 88 valence electrons. The number of allylic oxidation sites excluding steroid dienone is 1. The van der Waals surface area contributed by atoms with Crippen LogP contribution in [0.25, 0.3) is 0 Å². The molecule has 0 spiro atoms. The Kier molecular flexibility index (Phi) is 8.25. The highest BCUT2D eigenvalue weighted by molar-refractivity contribution is 5.89. The Hall–Kier alpha value is -0.660. The third-order valence-corrected chi connectivity index (χ3v) is 2.80. The van der Waals surface area contributed by atoms with Gasteiger partial charge in [-0.2, -0.15) is 0 Å². The zero-order chi connectivity index (χ0) is 11.7. The maximum atomic E-state index is 12.6. The first-order valence-electron chi connectivity index (χ1n) is 5.90. The zero-order valence-corrected chi connectivity index (χ0v) is 10.4. The molecule has 1 nitrogen and oxygen atoms in total. The second-order valence-electron chi connectivity index (χ2n) is 3.92. The fraction of sp³-hybridized carbons (Fsp3) is 0.769. The van der Waals surface area contributed by atoms with E-state index >= 15 is 0 Å². The van der Waals surface area contributed by atoms with Crippen LogP contribution in [0.5, 0.6) is 0 Å². The first-order chi connectivity index (χ1) is 7.21. The Balaban J connectivity index is 4.29. The van der Waals surface area contributed by atoms with Crippen LogP contribution in [0, 0.1) is 5.92 Å². The van der Waals surface area contributed by atoms with E-state index < -0.39 is 6.67 Å². The van der Waals surface area contributed by atoms with Gasteiger partial charge in [0.1, 0.15) is 6.67 Å². The summed E-state index contributed by atoms with van der Waals surface area (Å²) >= 11 is 0. The number of hydrogen-bond acceptors (Lipinski definition) is 1. The lowest BCUT2D eigenvalue weighted by atomic mass is 9.90. The molecule has 0 bridgehead atoms. The molecule has 0 aliphatic heterocycles. The lowest BCUT2D eigenvalue weighted by molar-refractivity contribution is 0.513. The molecular formula is C13H24FN. The first kappa shape index (κ1) is 14.3. The Morgan fingerprint density at radius 3 is 2.40 bits per heavy atom. The average Bonchev–Trinajstić information content (AvgIpc) is 2.27. The van der Waals surface area contributed by atoms with Crippen LogP contribution in [0.3, 0.4) is 0 Å². The van der Waals surface area contributed by atoms with Crippen molar-refractivity contribution in [1.29, 1.82) is 0 Å². The van der Waals surface area contributed by atoms with E-state index in [1.807, 2.05) is 0 Å². The maximum absolute atomic E-state index is 12.6. The van der Waals surface area contributed by atoms with Gasteiger partial charge in [-0.3, -0.25) is 4.99 Å². The van der Waals surface area contributed by atoms with E-state index in [0.717, 1.165) is 25.0 Å². The largest absolute Gasteiger partial charge is 0.297 e. The van der Waals surface area contributed by atoms with E-state index in [4.69, 9.17) is 0 Å². The minimum Gasteiger partial charge on any atom is -0.297 e. The summed E-state index contributed by atoms with van der Waals surface area (Å²) in [5.41, 5.74) is 1.79. The van der Waals surface area contributed by atoms with Gasteiger partial charge in [-0.1, -0.05) is 33.3 Å². The van der Waals surface area contributed by atoms with Crippen molar-refractivity contribution in [2.75, 3.05) is 13.7 Å². The van der Waals surface area contributed by atoms with E-state index in [-0.39, 0.29) is 5.92 Å². The van der Waals surface area contributed by atoms with Crippen molar-refractivity contribution in [1.82, 2.24) is 0 Å². The Morgan fingerprint density at radius 1 is 1.33 bits per heavy atom. The molecule has 0 aromatic rings. The zero-order valence-electron chi connectivity index (χ0n) is 10.4. The molecular weight excluding hydrogens is 189 g/mol. The van der Waals surface area contributed by atoms with Crippen molar-refractivity contribution in [3.05, 3.63) is 12.2 Å². The van der Waals surface area contributed by atoms with Crippen molar-refractivity contribution in [3.63, 3.8) is 0 Å². The second kappa shape index (κ2) is 8.63. The molecule has 0 saturated carbocycles. The minimum absolute atomic E-state index is 0.150. The first-order valence-corrected chi connectivity index (χ1v) is 5.90. The third-order valence-electron chi connectivity index (χ3n) is 2.80. The summed E-state index contributed by atoms with van der Waals surface area (Å²) in [6.45, 7) is 7.61. The third kappa shape index (κ3) is 5.10. The topological polar surface area (TPSA) is 12.4 Å². The van der Waals surface area contributed by atoms with Gasteiger partial charge in [0.05, 0.1) is 0 Å². The summed E-state index contributed by atoms with van der Waals surface area (Å²) in [5, 5.41) is 0. The van der Waals surface area contributed by atoms with Gasteiger partial charge in [0.15, 0.2) is 0 Å². The SMILES string of the molecule is C=C(CF)C(CC)C(CCCCC)=NC. The minimum atomic E-state index is -0.425. The van der Waals surface area contributed by atoms with Crippen molar-refractivity contribution in [2.45, 2.75) is 46.0 Å². The summed E-state index contributed by atoms with van der Waals surface area (Å²) in [6.07, 6.45) is 5.47. The van der Waals surface area contributed by atoms with Gasteiger partial charge in [-0.05, 0) is 24.8 Å². The van der Waals surface area contributed by atoms with Crippen LogP contribution in [0.4, 0.5) is 4.39 Å². The molecule has 0 heterocycles. The van der Waals surface area contributed by atoms with Crippen molar-refractivity contribution >= 4 is 5.71 Å². The second-order valence-corrected chi connectivity index (χ2v) is 3.92. The summed E-state index contributed by atoms with van der Waals surface area (Å²) in [6, 6.07) is 0. The highest BCUT2D eigenvalue weighted by Crippen LogP contribution is 2.19.